The summed E-state index contributed by atoms with van der Waals surface area (Å²) in [6.07, 6.45) is 3.99. The Morgan fingerprint density at radius 1 is 1.64 bits per heavy atom. The molecule has 1 fully saturated rings. The van der Waals surface area contributed by atoms with Gasteiger partial charge in [-0.25, -0.2) is 0 Å². The molecule has 0 aromatic carbocycles. The Bertz CT molecular complexity index is 208. The third-order valence-corrected chi connectivity index (χ3v) is 3.01. The fourth-order valence-electron chi connectivity index (χ4n) is 2.28. The highest BCUT2D eigenvalue weighted by Crippen LogP contribution is 2.31. The molecule has 0 radical (unpaired) electrons. The van der Waals surface area contributed by atoms with Gasteiger partial charge in [-0.1, -0.05) is 19.8 Å². The summed E-state index contributed by atoms with van der Waals surface area (Å²) in [5, 5.41) is 20.9. The molecule has 4 nitrogen and oxygen atoms in total. The van der Waals surface area contributed by atoms with E-state index in [1.54, 1.807) is 0 Å². The molecule has 2 atom stereocenters. The predicted molar refractivity (Wildman–Crippen MR) is 53.1 cm³/mol. The molecular formula is C10H19NO3. The van der Waals surface area contributed by atoms with Crippen LogP contribution in [0.1, 0.15) is 32.6 Å². The van der Waals surface area contributed by atoms with Crippen LogP contribution in [0.25, 0.3) is 0 Å². The summed E-state index contributed by atoms with van der Waals surface area (Å²) >= 11 is 0. The van der Waals surface area contributed by atoms with Gasteiger partial charge in [-0.2, -0.15) is 0 Å². The lowest BCUT2D eigenvalue weighted by atomic mass is 9.77. The average Bonchev–Trinajstić information content (AvgIpc) is 2.15. The molecule has 2 unspecified atom stereocenters. The molecule has 1 rings (SSSR count). The highest BCUT2D eigenvalue weighted by molar-refractivity contribution is 5.69. The number of carboxylic acids is 1. The zero-order chi connectivity index (χ0) is 10.6. The minimum absolute atomic E-state index is 0.0324. The molecule has 0 amide bonds. The molecule has 0 aliphatic heterocycles. The number of carboxylic acid groups (broad SMARTS) is 1. The molecule has 1 aliphatic rings. The van der Waals surface area contributed by atoms with E-state index in [2.05, 4.69) is 12.2 Å². The zero-order valence-corrected chi connectivity index (χ0v) is 8.62. The van der Waals surface area contributed by atoms with Crippen LogP contribution in [0.4, 0.5) is 0 Å². The van der Waals surface area contributed by atoms with Gasteiger partial charge in [0, 0.05) is 5.54 Å². The zero-order valence-electron chi connectivity index (χ0n) is 8.62. The molecule has 1 aliphatic carbocycles. The summed E-state index contributed by atoms with van der Waals surface area (Å²) in [7, 11) is 0. The number of hydrogen-bond acceptors (Lipinski definition) is 3. The van der Waals surface area contributed by atoms with E-state index in [0.717, 1.165) is 19.3 Å². The van der Waals surface area contributed by atoms with Gasteiger partial charge in [-0.15, -0.1) is 0 Å². The first-order chi connectivity index (χ1) is 6.58. The molecule has 82 valence electrons. The van der Waals surface area contributed by atoms with Crippen LogP contribution in [-0.2, 0) is 4.79 Å². The average molecular weight is 201 g/mol. The van der Waals surface area contributed by atoms with Gasteiger partial charge in [0.1, 0.15) is 0 Å². The molecule has 0 bridgehead atoms. The maximum Gasteiger partial charge on any atom is 0.317 e. The fourth-order valence-corrected chi connectivity index (χ4v) is 2.28. The Balaban J connectivity index is 2.51. The number of hydrogen-bond donors (Lipinski definition) is 3. The van der Waals surface area contributed by atoms with Crippen molar-refractivity contribution in [1.82, 2.24) is 5.32 Å². The van der Waals surface area contributed by atoms with E-state index >= 15 is 0 Å². The van der Waals surface area contributed by atoms with Gasteiger partial charge in [-0.05, 0) is 18.8 Å². The van der Waals surface area contributed by atoms with Gasteiger partial charge in [0.2, 0.25) is 0 Å². The number of carbonyl (C=O) groups is 1. The molecular weight excluding hydrogens is 182 g/mol. The lowest BCUT2D eigenvalue weighted by molar-refractivity contribution is -0.136. The molecule has 14 heavy (non-hydrogen) atoms. The second-order valence-electron chi connectivity index (χ2n) is 4.39. The summed E-state index contributed by atoms with van der Waals surface area (Å²) in [5.74, 6) is -0.298. The van der Waals surface area contributed by atoms with Crippen molar-refractivity contribution in [1.29, 1.82) is 0 Å². The van der Waals surface area contributed by atoms with Gasteiger partial charge in [-0.3, -0.25) is 10.1 Å². The molecule has 0 heterocycles. The van der Waals surface area contributed by atoms with Crippen molar-refractivity contribution in [2.75, 3.05) is 13.2 Å². The van der Waals surface area contributed by atoms with Crippen LogP contribution in [0.5, 0.6) is 0 Å². The minimum Gasteiger partial charge on any atom is -0.480 e. The second kappa shape index (κ2) is 4.75. The lowest BCUT2D eigenvalue weighted by Gasteiger charge is -2.39. The number of nitrogens with one attached hydrogen (secondary N) is 1. The first-order valence-electron chi connectivity index (χ1n) is 5.16. The molecule has 0 aromatic heterocycles. The maximum absolute atomic E-state index is 10.4. The summed E-state index contributed by atoms with van der Waals surface area (Å²) < 4.78 is 0. The third kappa shape index (κ3) is 2.96. The topological polar surface area (TPSA) is 69.6 Å². The van der Waals surface area contributed by atoms with Crippen LogP contribution in [0.15, 0.2) is 0 Å². The predicted octanol–water partition coefficient (Wildman–Crippen LogP) is 0.602. The van der Waals surface area contributed by atoms with Crippen LogP contribution in [-0.4, -0.2) is 34.9 Å². The van der Waals surface area contributed by atoms with Crippen LogP contribution in [0.3, 0.4) is 0 Å². The summed E-state index contributed by atoms with van der Waals surface area (Å²) in [5.41, 5.74) is -0.351. The number of rotatable bonds is 4. The lowest BCUT2D eigenvalue weighted by Crippen LogP contribution is -2.52. The highest BCUT2D eigenvalue weighted by Gasteiger charge is 2.34. The van der Waals surface area contributed by atoms with Gasteiger partial charge in [0.15, 0.2) is 0 Å². The fraction of sp³-hybridized carbons (Fsp3) is 0.900. The number of aliphatic hydroxyl groups excluding tert-OH is 1. The number of aliphatic carboxylic acids is 1. The van der Waals surface area contributed by atoms with Gasteiger partial charge in [0.05, 0.1) is 13.2 Å². The van der Waals surface area contributed by atoms with Crippen molar-refractivity contribution >= 4 is 5.97 Å². The third-order valence-electron chi connectivity index (χ3n) is 3.01. The molecule has 4 heteroatoms. The van der Waals surface area contributed by atoms with Crippen LogP contribution < -0.4 is 5.32 Å². The van der Waals surface area contributed by atoms with E-state index < -0.39 is 5.97 Å². The monoisotopic (exact) mass is 201 g/mol. The van der Waals surface area contributed by atoms with Gasteiger partial charge in [0.25, 0.3) is 0 Å². The Labute approximate surface area is 84.3 Å². The van der Waals surface area contributed by atoms with Crippen molar-refractivity contribution in [3.63, 3.8) is 0 Å². The quantitative estimate of drug-likeness (QED) is 0.623. The van der Waals surface area contributed by atoms with Crippen LogP contribution in [0, 0.1) is 5.92 Å². The van der Waals surface area contributed by atoms with Gasteiger partial charge >= 0.3 is 5.97 Å². The van der Waals surface area contributed by atoms with Crippen molar-refractivity contribution in [3.8, 4) is 0 Å². The van der Waals surface area contributed by atoms with E-state index in [1.807, 2.05) is 0 Å². The normalized spacial score (nSPS) is 32.9. The van der Waals surface area contributed by atoms with Crippen LogP contribution in [0.2, 0.25) is 0 Å². The smallest absolute Gasteiger partial charge is 0.317 e. The second-order valence-corrected chi connectivity index (χ2v) is 4.39. The van der Waals surface area contributed by atoms with Crippen molar-refractivity contribution in [3.05, 3.63) is 0 Å². The van der Waals surface area contributed by atoms with E-state index in [9.17, 15) is 9.90 Å². The van der Waals surface area contributed by atoms with Crippen molar-refractivity contribution in [2.24, 2.45) is 5.92 Å². The van der Waals surface area contributed by atoms with Crippen molar-refractivity contribution < 1.29 is 15.0 Å². The Kier molecular flexibility index (Phi) is 3.89. The Morgan fingerprint density at radius 2 is 2.36 bits per heavy atom. The minimum atomic E-state index is -0.865. The van der Waals surface area contributed by atoms with E-state index in [4.69, 9.17) is 5.11 Å². The summed E-state index contributed by atoms with van der Waals surface area (Å²) in [6, 6.07) is 0. The van der Waals surface area contributed by atoms with Crippen LogP contribution >= 0.6 is 0 Å². The Hall–Kier alpha value is -0.610. The molecule has 3 N–H and O–H groups in total. The Morgan fingerprint density at radius 3 is 2.86 bits per heavy atom. The van der Waals surface area contributed by atoms with Crippen molar-refractivity contribution in [2.45, 2.75) is 38.1 Å². The maximum atomic E-state index is 10.4. The summed E-state index contributed by atoms with van der Waals surface area (Å²) in [4.78, 5) is 10.4. The first kappa shape index (κ1) is 11.5. The summed E-state index contributed by atoms with van der Waals surface area (Å²) in [6.45, 7) is 2.11. The molecule has 0 spiro atoms. The number of aliphatic hydroxyl groups is 1. The largest absolute Gasteiger partial charge is 0.480 e. The van der Waals surface area contributed by atoms with E-state index in [1.165, 1.54) is 6.42 Å². The van der Waals surface area contributed by atoms with E-state index in [0.29, 0.717) is 5.92 Å². The molecule has 0 saturated heterocycles. The SMILES string of the molecule is CC1CCCC(CO)(NCC(=O)O)C1. The van der Waals surface area contributed by atoms with Gasteiger partial charge < -0.3 is 10.2 Å². The molecule has 1 saturated carbocycles. The standard InChI is InChI=1S/C10H19NO3/c1-8-3-2-4-10(5-8,7-12)11-6-9(13)14/h8,11-12H,2-7H2,1H3,(H,13,14). The van der Waals surface area contributed by atoms with E-state index in [-0.39, 0.29) is 18.7 Å². The first-order valence-corrected chi connectivity index (χ1v) is 5.16. The highest BCUT2D eigenvalue weighted by atomic mass is 16.4. The molecule has 0 aromatic rings.